The Morgan fingerprint density at radius 3 is 2.41 bits per heavy atom. The van der Waals surface area contributed by atoms with Crippen LogP contribution in [0.25, 0.3) is 0 Å². The van der Waals surface area contributed by atoms with Gasteiger partial charge in [0.15, 0.2) is 0 Å². The highest BCUT2D eigenvalue weighted by atomic mass is 16.6. The van der Waals surface area contributed by atoms with E-state index in [2.05, 4.69) is 5.32 Å². The molecule has 7 heteroatoms. The van der Waals surface area contributed by atoms with Gasteiger partial charge in [0, 0.05) is 43.3 Å². The molecule has 0 radical (unpaired) electrons. The van der Waals surface area contributed by atoms with Gasteiger partial charge in [0.05, 0.1) is 6.61 Å². The number of hydrogen-bond acceptors (Lipinski definition) is 4. The van der Waals surface area contributed by atoms with Gasteiger partial charge >= 0.3 is 6.09 Å². The first kappa shape index (κ1) is 19.2. The minimum atomic E-state index is -0.319. The molecule has 0 atom stereocenters. The van der Waals surface area contributed by atoms with Gasteiger partial charge in [-0.25, -0.2) is 4.79 Å². The second kappa shape index (κ2) is 8.41. The highest BCUT2D eigenvalue weighted by Crippen LogP contribution is 2.30. The Hall–Kier alpha value is -2.57. The molecule has 7 nitrogen and oxygen atoms in total. The van der Waals surface area contributed by atoms with Gasteiger partial charge in [0.1, 0.15) is 0 Å². The highest BCUT2D eigenvalue weighted by Gasteiger charge is 2.30. The summed E-state index contributed by atoms with van der Waals surface area (Å²) in [5.41, 5.74) is 1.19. The molecule has 3 amide bonds. The molecule has 146 valence electrons. The molecule has 2 fully saturated rings. The summed E-state index contributed by atoms with van der Waals surface area (Å²) in [6, 6.07) is 7.03. The molecule has 0 bridgehead atoms. The third kappa shape index (κ3) is 5.21. The average Bonchev–Trinajstić information content (AvgIpc) is 3.51. The van der Waals surface area contributed by atoms with Crippen molar-refractivity contribution in [3.8, 4) is 0 Å². The average molecular weight is 373 g/mol. The fourth-order valence-corrected chi connectivity index (χ4v) is 2.92. The molecule has 1 aromatic carbocycles. The molecule has 0 aromatic heterocycles. The number of piperazine rings is 1. The normalized spacial score (nSPS) is 17.0. The second-order valence-corrected chi connectivity index (χ2v) is 7.59. The zero-order chi connectivity index (χ0) is 19.4. The Bertz CT molecular complexity index is 707. The molecular weight excluding hydrogens is 346 g/mol. The van der Waals surface area contributed by atoms with Gasteiger partial charge < -0.3 is 19.9 Å². The van der Waals surface area contributed by atoms with E-state index in [1.165, 1.54) is 0 Å². The zero-order valence-corrected chi connectivity index (χ0v) is 15.9. The molecule has 1 saturated carbocycles. The van der Waals surface area contributed by atoms with Crippen molar-refractivity contribution in [3.63, 3.8) is 0 Å². The summed E-state index contributed by atoms with van der Waals surface area (Å²) in [6.45, 7) is 6.23. The summed E-state index contributed by atoms with van der Waals surface area (Å²) >= 11 is 0. The first-order valence-corrected chi connectivity index (χ1v) is 9.56. The topological polar surface area (TPSA) is 79.0 Å². The molecular formula is C20H27N3O4. The Kier molecular flexibility index (Phi) is 5.98. The van der Waals surface area contributed by atoms with Crippen LogP contribution in [0.1, 0.15) is 37.0 Å². The van der Waals surface area contributed by atoms with E-state index in [4.69, 9.17) is 4.74 Å². The van der Waals surface area contributed by atoms with Crippen LogP contribution in [0.3, 0.4) is 0 Å². The predicted molar refractivity (Wildman–Crippen MR) is 101 cm³/mol. The fourth-order valence-electron chi connectivity index (χ4n) is 2.92. The number of carbonyl (C=O) groups excluding carboxylic acids is 3. The summed E-state index contributed by atoms with van der Waals surface area (Å²) in [5.74, 6) is 0.346. The van der Waals surface area contributed by atoms with E-state index in [1.807, 2.05) is 13.8 Å². The molecule has 1 aliphatic carbocycles. The van der Waals surface area contributed by atoms with E-state index in [-0.39, 0.29) is 23.8 Å². The lowest BCUT2D eigenvalue weighted by Crippen LogP contribution is -2.50. The molecule has 1 N–H and O–H groups in total. The maximum absolute atomic E-state index is 12.8. The van der Waals surface area contributed by atoms with E-state index in [0.717, 1.165) is 12.8 Å². The molecule has 0 unspecified atom stereocenters. The van der Waals surface area contributed by atoms with Crippen molar-refractivity contribution >= 4 is 23.6 Å². The highest BCUT2D eigenvalue weighted by molar-refractivity contribution is 5.98. The van der Waals surface area contributed by atoms with E-state index >= 15 is 0 Å². The zero-order valence-electron chi connectivity index (χ0n) is 15.9. The van der Waals surface area contributed by atoms with Crippen LogP contribution in [-0.4, -0.2) is 60.5 Å². The lowest BCUT2D eigenvalue weighted by Gasteiger charge is -2.34. The van der Waals surface area contributed by atoms with Crippen molar-refractivity contribution in [2.75, 3.05) is 38.1 Å². The molecule has 3 rings (SSSR count). The number of amides is 3. The summed E-state index contributed by atoms with van der Waals surface area (Å²) in [7, 11) is 0. The Morgan fingerprint density at radius 2 is 1.78 bits per heavy atom. The Labute approximate surface area is 159 Å². The minimum Gasteiger partial charge on any atom is -0.449 e. The molecule has 0 spiro atoms. The molecule has 1 saturated heterocycles. The summed E-state index contributed by atoms with van der Waals surface area (Å²) in [5, 5.41) is 2.87. The van der Waals surface area contributed by atoms with Crippen LogP contribution in [0, 0.1) is 11.8 Å². The smallest absolute Gasteiger partial charge is 0.409 e. The van der Waals surface area contributed by atoms with Gasteiger partial charge in [-0.3, -0.25) is 9.59 Å². The standard InChI is InChI=1S/C20H27N3O4/c1-14(2)13-27-20(26)23-10-8-22(9-11-23)19(25)16-4-3-5-17(12-16)21-18(24)15-6-7-15/h3-5,12,14-15H,6-11,13H2,1-2H3,(H,21,24). The van der Waals surface area contributed by atoms with Crippen LogP contribution in [0.2, 0.25) is 0 Å². The molecule has 1 heterocycles. The van der Waals surface area contributed by atoms with Gasteiger partial charge in [-0.05, 0) is 37.0 Å². The maximum atomic E-state index is 12.8. The number of rotatable bonds is 5. The number of hydrogen-bond donors (Lipinski definition) is 1. The van der Waals surface area contributed by atoms with Crippen molar-refractivity contribution in [2.45, 2.75) is 26.7 Å². The lowest BCUT2D eigenvalue weighted by atomic mass is 10.1. The summed E-state index contributed by atoms with van der Waals surface area (Å²) in [6.07, 6.45) is 1.56. The Balaban J connectivity index is 1.53. The molecule has 2 aliphatic rings. The first-order valence-electron chi connectivity index (χ1n) is 9.56. The maximum Gasteiger partial charge on any atom is 0.409 e. The number of nitrogens with one attached hydrogen (secondary N) is 1. The molecule has 1 aliphatic heterocycles. The van der Waals surface area contributed by atoms with Crippen molar-refractivity contribution < 1.29 is 19.1 Å². The third-order valence-corrected chi connectivity index (χ3v) is 4.69. The van der Waals surface area contributed by atoms with Crippen LogP contribution in [0.5, 0.6) is 0 Å². The van der Waals surface area contributed by atoms with Crippen molar-refractivity contribution in [2.24, 2.45) is 11.8 Å². The molecule has 1 aromatic rings. The van der Waals surface area contributed by atoms with Crippen LogP contribution in [-0.2, 0) is 9.53 Å². The van der Waals surface area contributed by atoms with Crippen LogP contribution >= 0.6 is 0 Å². The van der Waals surface area contributed by atoms with E-state index in [1.54, 1.807) is 34.1 Å². The Morgan fingerprint density at radius 1 is 1.11 bits per heavy atom. The monoisotopic (exact) mass is 373 g/mol. The molecule has 27 heavy (non-hydrogen) atoms. The van der Waals surface area contributed by atoms with Crippen molar-refractivity contribution in [3.05, 3.63) is 29.8 Å². The van der Waals surface area contributed by atoms with Gasteiger partial charge in [-0.15, -0.1) is 0 Å². The quantitative estimate of drug-likeness (QED) is 0.860. The van der Waals surface area contributed by atoms with Crippen LogP contribution in [0.15, 0.2) is 24.3 Å². The fraction of sp³-hybridized carbons (Fsp3) is 0.550. The summed E-state index contributed by atoms with van der Waals surface area (Å²) in [4.78, 5) is 40.0. The number of ether oxygens (including phenoxy) is 1. The number of nitrogens with zero attached hydrogens (tertiary/aromatic N) is 2. The van der Waals surface area contributed by atoms with Gasteiger partial charge in [-0.1, -0.05) is 19.9 Å². The van der Waals surface area contributed by atoms with Crippen molar-refractivity contribution in [1.29, 1.82) is 0 Å². The SMILES string of the molecule is CC(C)COC(=O)N1CCN(C(=O)c2cccc(NC(=O)C3CC3)c2)CC1. The predicted octanol–water partition coefficient (Wildman–Crippen LogP) is 2.59. The largest absolute Gasteiger partial charge is 0.449 e. The minimum absolute atomic E-state index is 0.0214. The van der Waals surface area contributed by atoms with E-state index in [0.29, 0.717) is 50.0 Å². The van der Waals surface area contributed by atoms with Gasteiger partial charge in [0.2, 0.25) is 5.91 Å². The van der Waals surface area contributed by atoms with E-state index < -0.39 is 0 Å². The van der Waals surface area contributed by atoms with Gasteiger partial charge in [0.25, 0.3) is 5.91 Å². The van der Waals surface area contributed by atoms with Crippen LogP contribution < -0.4 is 5.32 Å². The third-order valence-electron chi connectivity index (χ3n) is 4.69. The number of anilines is 1. The number of carbonyl (C=O) groups is 3. The lowest BCUT2D eigenvalue weighted by molar-refractivity contribution is -0.117. The number of benzene rings is 1. The van der Waals surface area contributed by atoms with E-state index in [9.17, 15) is 14.4 Å². The second-order valence-electron chi connectivity index (χ2n) is 7.59. The van der Waals surface area contributed by atoms with Gasteiger partial charge in [-0.2, -0.15) is 0 Å². The summed E-state index contributed by atoms with van der Waals surface area (Å²) < 4.78 is 5.24. The van der Waals surface area contributed by atoms with Crippen LogP contribution in [0.4, 0.5) is 10.5 Å². The van der Waals surface area contributed by atoms with Crippen molar-refractivity contribution in [1.82, 2.24) is 9.80 Å². The first-order chi connectivity index (χ1) is 12.9.